The number of rotatable bonds is 3. The lowest BCUT2D eigenvalue weighted by Crippen LogP contribution is -1.82. The van der Waals surface area contributed by atoms with Crippen molar-refractivity contribution in [3.63, 3.8) is 0 Å². The van der Waals surface area contributed by atoms with E-state index in [0.29, 0.717) is 21.8 Å². The molecule has 0 aliphatic rings. The highest BCUT2D eigenvalue weighted by molar-refractivity contribution is 7.12. The summed E-state index contributed by atoms with van der Waals surface area (Å²) in [7, 11) is 1.55. The highest BCUT2D eigenvalue weighted by Crippen LogP contribution is 2.21. The molecule has 2 aromatic heterocycles. The van der Waals surface area contributed by atoms with Crippen molar-refractivity contribution in [3.05, 3.63) is 32.6 Å². The van der Waals surface area contributed by atoms with Crippen LogP contribution in [-0.2, 0) is 0 Å². The predicted molar refractivity (Wildman–Crippen MR) is 67.6 cm³/mol. The van der Waals surface area contributed by atoms with Crippen LogP contribution in [0.25, 0.3) is 0 Å². The Morgan fingerprint density at radius 1 is 1.12 bits per heavy atom. The van der Waals surface area contributed by atoms with Crippen molar-refractivity contribution in [2.75, 3.05) is 7.11 Å². The molecule has 90 valence electrons. The SMILES string of the molecule is COc1ccsc1C=O.O=Cc1sccc1O. The third-order valence-electron chi connectivity index (χ3n) is 1.76. The molecular formula is C11H10O4S2. The van der Waals surface area contributed by atoms with Crippen LogP contribution >= 0.6 is 22.7 Å². The highest BCUT2D eigenvalue weighted by Gasteiger charge is 1.99. The van der Waals surface area contributed by atoms with Gasteiger partial charge in [0, 0.05) is 0 Å². The van der Waals surface area contributed by atoms with Gasteiger partial charge in [0.25, 0.3) is 0 Å². The molecule has 0 aliphatic heterocycles. The van der Waals surface area contributed by atoms with Crippen LogP contribution in [-0.4, -0.2) is 24.8 Å². The van der Waals surface area contributed by atoms with Crippen LogP contribution in [0.1, 0.15) is 19.3 Å². The van der Waals surface area contributed by atoms with Crippen LogP contribution in [0, 0.1) is 0 Å². The number of methoxy groups -OCH3 is 1. The summed E-state index contributed by atoms with van der Waals surface area (Å²) < 4.78 is 4.86. The van der Waals surface area contributed by atoms with E-state index in [1.165, 1.54) is 28.7 Å². The number of aldehydes is 2. The van der Waals surface area contributed by atoms with Crippen LogP contribution in [0.15, 0.2) is 22.9 Å². The van der Waals surface area contributed by atoms with E-state index in [1.54, 1.807) is 18.6 Å². The van der Waals surface area contributed by atoms with Gasteiger partial charge in [0.2, 0.25) is 0 Å². The topological polar surface area (TPSA) is 63.6 Å². The van der Waals surface area contributed by atoms with E-state index < -0.39 is 0 Å². The molecule has 0 bridgehead atoms. The molecule has 0 atom stereocenters. The van der Waals surface area contributed by atoms with Crippen molar-refractivity contribution in [1.29, 1.82) is 0 Å². The number of thiophene rings is 2. The summed E-state index contributed by atoms with van der Waals surface area (Å²) >= 11 is 2.61. The van der Waals surface area contributed by atoms with Gasteiger partial charge in [-0.05, 0) is 22.9 Å². The van der Waals surface area contributed by atoms with Crippen LogP contribution in [0.5, 0.6) is 11.5 Å². The minimum absolute atomic E-state index is 0.0741. The fourth-order valence-electron chi connectivity index (χ4n) is 0.966. The van der Waals surface area contributed by atoms with Crippen molar-refractivity contribution in [2.24, 2.45) is 0 Å². The molecule has 0 aliphatic carbocycles. The largest absolute Gasteiger partial charge is 0.506 e. The summed E-state index contributed by atoms with van der Waals surface area (Å²) in [5.41, 5.74) is 0. The van der Waals surface area contributed by atoms with Gasteiger partial charge in [-0.15, -0.1) is 22.7 Å². The quantitative estimate of drug-likeness (QED) is 0.871. The van der Waals surface area contributed by atoms with Crippen LogP contribution in [0.4, 0.5) is 0 Å². The first kappa shape index (κ1) is 13.4. The lowest BCUT2D eigenvalue weighted by atomic mass is 10.5. The average molecular weight is 270 g/mol. The molecule has 6 heteroatoms. The second-order valence-corrected chi connectivity index (χ2v) is 4.65. The standard InChI is InChI=1S/C6H6O2S.C5H4O2S/c1-8-5-2-3-9-6(5)4-7;6-3-5-4(7)1-2-8-5/h2-4H,1H3;1-3,7H. The maximum atomic E-state index is 10.2. The molecule has 0 fully saturated rings. The lowest BCUT2D eigenvalue weighted by molar-refractivity contribution is 0.111. The lowest BCUT2D eigenvalue weighted by Gasteiger charge is -1.92. The minimum Gasteiger partial charge on any atom is -0.506 e. The van der Waals surface area contributed by atoms with Crippen LogP contribution in [0.2, 0.25) is 0 Å². The molecule has 2 rings (SSSR count). The zero-order chi connectivity index (χ0) is 12.7. The average Bonchev–Trinajstić information content (AvgIpc) is 2.97. The normalized spacial score (nSPS) is 9.00. The van der Waals surface area contributed by atoms with E-state index >= 15 is 0 Å². The number of aromatic hydroxyl groups is 1. The number of hydrogen-bond donors (Lipinski definition) is 1. The second-order valence-electron chi connectivity index (χ2n) is 2.76. The smallest absolute Gasteiger partial charge is 0.163 e. The molecule has 0 radical (unpaired) electrons. The van der Waals surface area contributed by atoms with Gasteiger partial charge in [-0.25, -0.2) is 0 Å². The number of hydrogen-bond acceptors (Lipinski definition) is 6. The van der Waals surface area contributed by atoms with Gasteiger partial charge in [0.05, 0.1) is 7.11 Å². The molecule has 1 N–H and O–H groups in total. The Labute approximate surface area is 106 Å². The fourth-order valence-corrected chi connectivity index (χ4v) is 2.22. The first-order chi connectivity index (χ1) is 8.22. The monoisotopic (exact) mass is 270 g/mol. The predicted octanol–water partition coefficient (Wildman–Crippen LogP) is 2.84. The molecule has 4 nitrogen and oxygen atoms in total. The van der Waals surface area contributed by atoms with Crippen molar-refractivity contribution in [1.82, 2.24) is 0 Å². The number of ether oxygens (including phenoxy) is 1. The maximum absolute atomic E-state index is 10.2. The Hall–Kier alpha value is -1.66. The van der Waals surface area contributed by atoms with Crippen LogP contribution < -0.4 is 4.74 Å². The van der Waals surface area contributed by atoms with Gasteiger partial charge in [-0.2, -0.15) is 0 Å². The van der Waals surface area contributed by atoms with E-state index in [-0.39, 0.29) is 5.75 Å². The van der Waals surface area contributed by atoms with Crippen molar-refractivity contribution in [3.8, 4) is 11.5 Å². The Balaban J connectivity index is 0.000000171. The van der Waals surface area contributed by atoms with Gasteiger partial charge in [-0.1, -0.05) is 0 Å². The Morgan fingerprint density at radius 3 is 2.06 bits per heavy atom. The third kappa shape index (κ3) is 3.69. The molecule has 2 aromatic rings. The minimum atomic E-state index is 0.0741. The first-order valence-corrected chi connectivity index (χ1v) is 6.27. The van der Waals surface area contributed by atoms with Gasteiger partial charge < -0.3 is 9.84 Å². The van der Waals surface area contributed by atoms with E-state index in [4.69, 9.17) is 9.84 Å². The zero-order valence-corrected chi connectivity index (χ0v) is 10.6. The third-order valence-corrected chi connectivity index (χ3v) is 3.42. The van der Waals surface area contributed by atoms with Crippen molar-refractivity contribution in [2.45, 2.75) is 0 Å². The van der Waals surface area contributed by atoms with Crippen molar-refractivity contribution < 1.29 is 19.4 Å². The number of carbonyl (C=O) groups excluding carboxylic acids is 2. The molecule has 0 saturated heterocycles. The molecular weight excluding hydrogens is 260 g/mol. The van der Waals surface area contributed by atoms with Crippen molar-refractivity contribution >= 4 is 35.2 Å². The van der Waals surface area contributed by atoms with E-state index in [2.05, 4.69) is 0 Å². The first-order valence-electron chi connectivity index (χ1n) is 4.51. The van der Waals surface area contributed by atoms with E-state index in [1.807, 2.05) is 5.38 Å². The summed E-state index contributed by atoms with van der Waals surface area (Å²) in [6.45, 7) is 0. The summed E-state index contributed by atoms with van der Waals surface area (Å²) in [5, 5.41) is 12.2. The molecule has 0 unspecified atom stereocenters. The summed E-state index contributed by atoms with van der Waals surface area (Å²) in [4.78, 5) is 21.2. The summed E-state index contributed by atoms with van der Waals surface area (Å²) in [6.07, 6.45) is 1.43. The summed E-state index contributed by atoms with van der Waals surface area (Å²) in [5.74, 6) is 0.736. The Morgan fingerprint density at radius 2 is 1.71 bits per heavy atom. The Kier molecular flexibility index (Phi) is 5.38. The fraction of sp³-hybridized carbons (Fsp3) is 0.0909. The molecule has 2 heterocycles. The summed E-state index contributed by atoms with van der Waals surface area (Å²) in [6, 6.07) is 3.27. The number of carbonyl (C=O) groups is 2. The molecule has 0 spiro atoms. The van der Waals surface area contributed by atoms with Gasteiger partial charge in [0.1, 0.15) is 21.3 Å². The maximum Gasteiger partial charge on any atom is 0.163 e. The van der Waals surface area contributed by atoms with Crippen LogP contribution in [0.3, 0.4) is 0 Å². The van der Waals surface area contributed by atoms with Gasteiger partial charge >= 0.3 is 0 Å². The molecule has 0 saturated carbocycles. The van der Waals surface area contributed by atoms with Gasteiger partial charge in [0.15, 0.2) is 12.6 Å². The zero-order valence-electron chi connectivity index (χ0n) is 8.95. The molecule has 17 heavy (non-hydrogen) atoms. The molecule has 0 aromatic carbocycles. The second kappa shape index (κ2) is 6.82. The van der Waals surface area contributed by atoms with Gasteiger partial charge in [-0.3, -0.25) is 9.59 Å². The Bertz CT molecular complexity index is 487. The van der Waals surface area contributed by atoms with E-state index in [0.717, 1.165) is 6.29 Å². The van der Waals surface area contributed by atoms with E-state index in [9.17, 15) is 9.59 Å². The molecule has 0 amide bonds. The highest BCUT2D eigenvalue weighted by atomic mass is 32.1.